The summed E-state index contributed by atoms with van der Waals surface area (Å²) in [7, 11) is 0. The lowest BCUT2D eigenvalue weighted by molar-refractivity contribution is 0.363. The van der Waals surface area contributed by atoms with E-state index in [1.54, 1.807) is 18.2 Å². The van der Waals surface area contributed by atoms with Gasteiger partial charge < -0.3 is 9.84 Å². The lowest BCUT2D eigenvalue weighted by Crippen LogP contribution is -1.93. The van der Waals surface area contributed by atoms with Gasteiger partial charge >= 0.3 is 0 Å². The summed E-state index contributed by atoms with van der Waals surface area (Å²) >= 11 is 0. The van der Waals surface area contributed by atoms with Crippen molar-refractivity contribution < 1.29 is 9.84 Å². The van der Waals surface area contributed by atoms with E-state index in [-0.39, 0.29) is 0 Å². The van der Waals surface area contributed by atoms with Gasteiger partial charge in [-0.25, -0.2) is 0 Å². The first-order valence-corrected chi connectivity index (χ1v) is 5.88. The summed E-state index contributed by atoms with van der Waals surface area (Å²) in [6.07, 6.45) is 2.58. The van der Waals surface area contributed by atoms with Crippen LogP contribution in [0.1, 0.15) is 11.1 Å². The van der Waals surface area contributed by atoms with E-state index in [1.807, 2.05) is 36.4 Å². The normalized spacial score (nSPS) is 10.0. The van der Waals surface area contributed by atoms with E-state index in [4.69, 9.17) is 4.74 Å². The highest BCUT2D eigenvalue weighted by Crippen LogP contribution is 2.17. The van der Waals surface area contributed by atoms with E-state index in [1.165, 1.54) is 11.1 Å². The Morgan fingerprint density at radius 3 is 2.06 bits per heavy atom. The third kappa shape index (κ3) is 3.39. The van der Waals surface area contributed by atoms with E-state index >= 15 is 0 Å². The second-order valence-electron chi connectivity index (χ2n) is 4.09. The first kappa shape index (κ1) is 12.2. The number of hydrogen-bond donors (Lipinski definition) is 1. The zero-order chi connectivity index (χ0) is 12.8. The number of phenolic OH excluding ortho intramolecular Hbond substituents is 1. The van der Waals surface area contributed by atoms with E-state index in [2.05, 4.69) is 6.58 Å². The monoisotopic (exact) mass is 240 g/mol. The number of ether oxygens (including phenoxy) is 1. The molecule has 0 aliphatic carbocycles. The van der Waals surface area contributed by atoms with Gasteiger partial charge in [-0.05, 0) is 41.8 Å². The Morgan fingerprint density at radius 1 is 0.944 bits per heavy atom. The topological polar surface area (TPSA) is 29.5 Å². The smallest absolute Gasteiger partial charge is 0.119 e. The predicted octanol–water partition coefficient (Wildman–Crippen LogP) is 3.55. The molecular formula is C16H16O2. The Hall–Kier alpha value is -2.22. The van der Waals surface area contributed by atoms with Crippen molar-refractivity contribution in [2.75, 3.05) is 6.61 Å². The predicted molar refractivity (Wildman–Crippen MR) is 73.0 cm³/mol. The molecule has 0 atom stereocenters. The zero-order valence-electron chi connectivity index (χ0n) is 10.2. The minimum absolute atomic E-state index is 0.298. The summed E-state index contributed by atoms with van der Waals surface area (Å²) < 4.78 is 5.42. The number of aromatic hydroxyl groups is 1. The number of rotatable bonds is 5. The van der Waals surface area contributed by atoms with Gasteiger partial charge in [0.05, 0.1) is 0 Å². The molecule has 0 bridgehead atoms. The van der Waals surface area contributed by atoms with Gasteiger partial charge in [0.25, 0.3) is 0 Å². The van der Waals surface area contributed by atoms with E-state index in [0.29, 0.717) is 12.4 Å². The highest BCUT2D eigenvalue weighted by molar-refractivity contribution is 5.33. The number of phenols is 1. The van der Waals surface area contributed by atoms with E-state index in [9.17, 15) is 5.11 Å². The third-order valence-electron chi connectivity index (χ3n) is 2.64. The molecule has 0 aliphatic rings. The highest BCUT2D eigenvalue weighted by atomic mass is 16.5. The van der Waals surface area contributed by atoms with Crippen LogP contribution in [0.3, 0.4) is 0 Å². The lowest BCUT2D eigenvalue weighted by Gasteiger charge is -2.05. The van der Waals surface area contributed by atoms with Gasteiger partial charge in [-0.3, -0.25) is 0 Å². The molecule has 2 aromatic carbocycles. The van der Waals surface area contributed by atoms with Crippen molar-refractivity contribution in [1.82, 2.24) is 0 Å². The zero-order valence-corrected chi connectivity index (χ0v) is 10.2. The summed E-state index contributed by atoms with van der Waals surface area (Å²) in [5, 5.41) is 9.22. The Balaban J connectivity index is 2.01. The van der Waals surface area contributed by atoms with Crippen LogP contribution in [0.25, 0.3) is 0 Å². The fourth-order valence-electron chi connectivity index (χ4n) is 1.71. The van der Waals surface area contributed by atoms with Crippen LogP contribution in [-0.2, 0) is 6.42 Å². The van der Waals surface area contributed by atoms with Gasteiger partial charge in [-0.15, -0.1) is 0 Å². The van der Waals surface area contributed by atoms with Gasteiger partial charge in [0, 0.05) is 0 Å². The molecule has 1 N–H and O–H groups in total. The van der Waals surface area contributed by atoms with Crippen molar-refractivity contribution in [3.63, 3.8) is 0 Å². The van der Waals surface area contributed by atoms with Gasteiger partial charge in [0.15, 0.2) is 0 Å². The average molecular weight is 240 g/mol. The number of benzene rings is 2. The molecule has 0 saturated heterocycles. The molecule has 2 rings (SSSR count). The quantitative estimate of drug-likeness (QED) is 0.810. The number of hydrogen-bond acceptors (Lipinski definition) is 2. The SMILES string of the molecule is C=CCOc1ccc(Cc2ccc(O)cc2)cc1. The summed E-state index contributed by atoms with van der Waals surface area (Å²) in [6, 6.07) is 15.3. The van der Waals surface area contributed by atoms with Crippen molar-refractivity contribution in [3.8, 4) is 11.5 Å². The Bertz CT molecular complexity index is 498. The van der Waals surface area contributed by atoms with Gasteiger partial charge in [-0.1, -0.05) is 36.9 Å². The maximum atomic E-state index is 9.22. The summed E-state index contributed by atoms with van der Waals surface area (Å²) in [5.41, 5.74) is 2.39. The minimum atomic E-state index is 0.298. The fourth-order valence-corrected chi connectivity index (χ4v) is 1.71. The molecule has 2 heteroatoms. The van der Waals surface area contributed by atoms with Crippen molar-refractivity contribution in [1.29, 1.82) is 0 Å². The maximum Gasteiger partial charge on any atom is 0.119 e. The molecule has 0 heterocycles. The largest absolute Gasteiger partial charge is 0.508 e. The standard InChI is InChI=1S/C16H16O2/c1-2-11-18-16-9-5-14(6-10-16)12-13-3-7-15(17)8-4-13/h2-10,17H,1,11-12H2. The van der Waals surface area contributed by atoms with Crippen LogP contribution >= 0.6 is 0 Å². The fraction of sp³-hybridized carbons (Fsp3) is 0.125. The second kappa shape index (κ2) is 5.92. The molecule has 0 amide bonds. The minimum Gasteiger partial charge on any atom is -0.508 e. The van der Waals surface area contributed by atoms with E-state index in [0.717, 1.165) is 12.2 Å². The summed E-state index contributed by atoms with van der Waals surface area (Å²) in [5.74, 6) is 1.15. The van der Waals surface area contributed by atoms with Crippen molar-refractivity contribution >= 4 is 0 Å². The van der Waals surface area contributed by atoms with Crippen molar-refractivity contribution in [2.24, 2.45) is 0 Å². The first-order valence-electron chi connectivity index (χ1n) is 5.88. The highest BCUT2D eigenvalue weighted by Gasteiger charge is 1.98. The molecule has 2 nitrogen and oxygen atoms in total. The molecule has 0 spiro atoms. The van der Waals surface area contributed by atoms with Crippen LogP contribution in [0.4, 0.5) is 0 Å². The molecule has 18 heavy (non-hydrogen) atoms. The van der Waals surface area contributed by atoms with Crippen LogP contribution in [0.2, 0.25) is 0 Å². The summed E-state index contributed by atoms with van der Waals surface area (Å²) in [6.45, 7) is 4.14. The molecule has 0 saturated carbocycles. The van der Waals surface area contributed by atoms with Crippen LogP contribution in [-0.4, -0.2) is 11.7 Å². The van der Waals surface area contributed by atoms with Gasteiger partial charge in [0.1, 0.15) is 18.1 Å². The Kier molecular flexibility index (Phi) is 4.02. The Labute approximate surface area is 107 Å². The molecule has 0 aromatic heterocycles. The van der Waals surface area contributed by atoms with Crippen LogP contribution in [0.15, 0.2) is 61.2 Å². The molecule has 0 radical (unpaired) electrons. The van der Waals surface area contributed by atoms with Crippen LogP contribution < -0.4 is 4.74 Å². The molecule has 0 fully saturated rings. The Morgan fingerprint density at radius 2 is 1.50 bits per heavy atom. The average Bonchev–Trinajstić information content (AvgIpc) is 2.41. The molecule has 92 valence electrons. The third-order valence-corrected chi connectivity index (χ3v) is 2.64. The molecule has 2 aromatic rings. The van der Waals surface area contributed by atoms with Crippen molar-refractivity contribution in [2.45, 2.75) is 6.42 Å². The second-order valence-corrected chi connectivity index (χ2v) is 4.09. The molecular weight excluding hydrogens is 224 g/mol. The molecule has 0 unspecified atom stereocenters. The first-order chi connectivity index (χ1) is 8.78. The lowest BCUT2D eigenvalue weighted by atomic mass is 10.0. The summed E-state index contributed by atoms with van der Waals surface area (Å²) in [4.78, 5) is 0. The van der Waals surface area contributed by atoms with Gasteiger partial charge in [-0.2, -0.15) is 0 Å². The van der Waals surface area contributed by atoms with Gasteiger partial charge in [0.2, 0.25) is 0 Å². The maximum absolute atomic E-state index is 9.22. The van der Waals surface area contributed by atoms with Crippen LogP contribution in [0.5, 0.6) is 11.5 Å². The van der Waals surface area contributed by atoms with Crippen LogP contribution in [0, 0.1) is 0 Å². The molecule has 0 aliphatic heterocycles. The van der Waals surface area contributed by atoms with Crippen molar-refractivity contribution in [3.05, 3.63) is 72.3 Å². The van der Waals surface area contributed by atoms with E-state index < -0.39 is 0 Å².